The molecule has 2 aromatic rings. The summed E-state index contributed by atoms with van der Waals surface area (Å²) in [5.41, 5.74) is 0.479. The van der Waals surface area contributed by atoms with Crippen molar-refractivity contribution in [3.05, 3.63) is 47.8 Å². The molecule has 0 saturated heterocycles. The molecule has 0 bridgehead atoms. The van der Waals surface area contributed by atoms with E-state index in [9.17, 15) is 4.39 Å². The Morgan fingerprint density at radius 1 is 1.47 bits per heavy atom. The van der Waals surface area contributed by atoms with Crippen molar-refractivity contribution in [1.82, 2.24) is 14.8 Å². The number of nitriles is 1. The van der Waals surface area contributed by atoms with Gasteiger partial charge in [-0.3, -0.25) is 0 Å². The molecule has 4 nitrogen and oxygen atoms in total. The van der Waals surface area contributed by atoms with Crippen LogP contribution in [0.15, 0.2) is 30.9 Å². The summed E-state index contributed by atoms with van der Waals surface area (Å²) in [5, 5.41) is 12.5. The fourth-order valence-corrected chi connectivity index (χ4v) is 1.28. The van der Waals surface area contributed by atoms with Crippen molar-refractivity contribution in [2.45, 2.75) is 6.54 Å². The summed E-state index contributed by atoms with van der Waals surface area (Å²) in [5.74, 6) is -0.490. The normalized spacial score (nSPS) is 9.87. The largest absolute Gasteiger partial charge is 0.248 e. The fraction of sp³-hybridized carbons (Fsp3) is 0.100. The number of hydrogen-bond acceptors (Lipinski definition) is 3. The van der Waals surface area contributed by atoms with Crippen LogP contribution in [0.5, 0.6) is 0 Å². The molecule has 0 N–H and O–H groups in total. The van der Waals surface area contributed by atoms with Gasteiger partial charge in [-0.1, -0.05) is 12.1 Å². The minimum Gasteiger partial charge on any atom is -0.248 e. The van der Waals surface area contributed by atoms with E-state index in [1.165, 1.54) is 23.4 Å². The average molecular weight is 202 g/mol. The molecule has 0 radical (unpaired) electrons. The topological polar surface area (TPSA) is 54.5 Å². The number of nitrogens with zero attached hydrogens (tertiary/aromatic N) is 4. The zero-order valence-corrected chi connectivity index (χ0v) is 7.76. The van der Waals surface area contributed by atoms with Crippen LogP contribution in [-0.4, -0.2) is 14.8 Å². The Morgan fingerprint density at radius 2 is 2.33 bits per heavy atom. The van der Waals surface area contributed by atoms with Gasteiger partial charge in [0.2, 0.25) is 0 Å². The van der Waals surface area contributed by atoms with Crippen LogP contribution < -0.4 is 0 Å². The summed E-state index contributed by atoms with van der Waals surface area (Å²) >= 11 is 0. The van der Waals surface area contributed by atoms with Crippen molar-refractivity contribution >= 4 is 0 Å². The minimum atomic E-state index is -0.490. The van der Waals surface area contributed by atoms with Crippen molar-refractivity contribution in [3.63, 3.8) is 0 Å². The van der Waals surface area contributed by atoms with E-state index in [1.54, 1.807) is 18.2 Å². The first-order chi connectivity index (χ1) is 7.31. The lowest BCUT2D eigenvalue weighted by Crippen LogP contribution is -2.03. The van der Waals surface area contributed by atoms with Crippen molar-refractivity contribution in [1.29, 1.82) is 5.26 Å². The highest BCUT2D eigenvalue weighted by molar-refractivity contribution is 5.34. The Balaban J connectivity index is 2.34. The lowest BCUT2D eigenvalue weighted by Gasteiger charge is -2.03. The number of halogens is 1. The first-order valence-electron chi connectivity index (χ1n) is 4.31. The molecule has 0 atom stereocenters. The highest BCUT2D eigenvalue weighted by atomic mass is 19.1. The van der Waals surface area contributed by atoms with Crippen LogP contribution in [0.25, 0.3) is 0 Å². The first-order valence-corrected chi connectivity index (χ1v) is 4.31. The second kappa shape index (κ2) is 3.88. The van der Waals surface area contributed by atoms with Gasteiger partial charge in [0.05, 0.1) is 12.1 Å². The third-order valence-electron chi connectivity index (χ3n) is 2.00. The number of benzene rings is 1. The predicted molar refractivity (Wildman–Crippen MR) is 50.2 cm³/mol. The van der Waals surface area contributed by atoms with Crippen LogP contribution in [0.4, 0.5) is 4.39 Å². The Kier molecular flexibility index (Phi) is 2.42. The zero-order chi connectivity index (χ0) is 10.7. The smallest absolute Gasteiger partial charge is 0.146 e. The molecule has 2 rings (SSSR count). The molecule has 0 aliphatic rings. The maximum absolute atomic E-state index is 13.6. The molecule has 0 spiro atoms. The number of hydrogen-bond donors (Lipinski definition) is 0. The molecule has 0 aliphatic heterocycles. The highest BCUT2D eigenvalue weighted by Crippen LogP contribution is 2.12. The molecule has 0 unspecified atom stereocenters. The summed E-state index contributed by atoms with van der Waals surface area (Å²) in [6, 6.07) is 6.51. The van der Waals surface area contributed by atoms with Gasteiger partial charge in [0.15, 0.2) is 0 Å². The molecule has 15 heavy (non-hydrogen) atoms. The molecule has 1 aromatic carbocycles. The van der Waals surface area contributed by atoms with Crippen molar-refractivity contribution < 1.29 is 4.39 Å². The fourth-order valence-electron chi connectivity index (χ4n) is 1.28. The van der Waals surface area contributed by atoms with E-state index in [-0.39, 0.29) is 12.1 Å². The molecule has 74 valence electrons. The number of rotatable bonds is 2. The van der Waals surface area contributed by atoms with Crippen LogP contribution in [0.3, 0.4) is 0 Å². The Bertz CT molecular complexity index is 499. The van der Waals surface area contributed by atoms with E-state index in [4.69, 9.17) is 5.26 Å². The van der Waals surface area contributed by atoms with E-state index in [0.717, 1.165) is 0 Å². The van der Waals surface area contributed by atoms with Gasteiger partial charge in [0.1, 0.15) is 24.5 Å². The molecular weight excluding hydrogens is 195 g/mol. The third-order valence-corrected chi connectivity index (χ3v) is 2.00. The number of aromatic nitrogens is 3. The van der Waals surface area contributed by atoms with E-state index < -0.39 is 5.82 Å². The molecule has 1 aromatic heterocycles. The van der Waals surface area contributed by atoms with E-state index in [2.05, 4.69) is 10.1 Å². The average Bonchev–Trinajstić information content (AvgIpc) is 2.74. The summed E-state index contributed by atoms with van der Waals surface area (Å²) in [4.78, 5) is 3.75. The van der Waals surface area contributed by atoms with Gasteiger partial charge < -0.3 is 0 Å². The van der Waals surface area contributed by atoms with Gasteiger partial charge in [0, 0.05) is 5.56 Å². The Hall–Kier alpha value is -2.22. The van der Waals surface area contributed by atoms with Crippen molar-refractivity contribution in [3.8, 4) is 6.07 Å². The van der Waals surface area contributed by atoms with Crippen LogP contribution in [0, 0.1) is 17.1 Å². The zero-order valence-electron chi connectivity index (χ0n) is 7.76. The lowest BCUT2D eigenvalue weighted by atomic mass is 10.1. The second-order valence-electron chi connectivity index (χ2n) is 2.98. The highest BCUT2D eigenvalue weighted by Gasteiger charge is 2.07. The molecule has 0 saturated carbocycles. The predicted octanol–water partition coefficient (Wildman–Crippen LogP) is 1.34. The Labute approximate surface area is 85.6 Å². The monoisotopic (exact) mass is 202 g/mol. The summed E-state index contributed by atoms with van der Waals surface area (Å²) < 4.78 is 15.1. The summed E-state index contributed by atoms with van der Waals surface area (Å²) in [6.45, 7) is 0.279. The molecule has 1 heterocycles. The van der Waals surface area contributed by atoms with Crippen LogP contribution in [0.2, 0.25) is 0 Å². The first kappa shape index (κ1) is 9.34. The van der Waals surface area contributed by atoms with Gasteiger partial charge in [-0.15, -0.1) is 0 Å². The maximum Gasteiger partial charge on any atom is 0.146 e. The SMILES string of the molecule is N#Cc1cccc(Cn2cncn2)c1F. The molecule has 0 amide bonds. The van der Waals surface area contributed by atoms with Crippen LogP contribution in [0.1, 0.15) is 11.1 Å². The van der Waals surface area contributed by atoms with Gasteiger partial charge in [-0.25, -0.2) is 14.1 Å². The summed E-state index contributed by atoms with van der Waals surface area (Å²) in [7, 11) is 0. The molecule has 0 fully saturated rings. The van der Waals surface area contributed by atoms with E-state index in [0.29, 0.717) is 5.56 Å². The standard InChI is InChI=1S/C10H7FN4/c11-10-8(4-12)2-1-3-9(10)5-15-7-13-6-14-15/h1-3,6-7H,5H2. The lowest BCUT2D eigenvalue weighted by molar-refractivity contribution is 0.582. The van der Waals surface area contributed by atoms with Crippen molar-refractivity contribution in [2.24, 2.45) is 0 Å². The maximum atomic E-state index is 13.6. The van der Waals surface area contributed by atoms with E-state index >= 15 is 0 Å². The molecular formula is C10H7FN4. The van der Waals surface area contributed by atoms with Crippen molar-refractivity contribution in [2.75, 3.05) is 0 Å². The second-order valence-corrected chi connectivity index (χ2v) is 2.98. The van der Waals surface area contributed by atoms with E-state index in [1.807, 2.05) is 0 Å². The quantitative estimate of drug-likeness (QED) is 0.738. The minimum absolute atomic E-state index is 0.0487. The third kappa shape index (κ3) is 1.83. The van der Waals surface area contributed by atoms with Crippen LogP contribution in [-0.2, 0) is 6.54 Å². The van der Waals surface area contributed by atoms with Gasteiger partial charge in [0.25, 0.3) is 0 Å². The molecule has 5 heteroatoms. The Morgan fingerprint density at radius 3 is 3.00 bits per heavy atom. The van der Waals surface area contributed by atoms with Gasteiger partial charge in [-0.05, 0) is 6.07 Å². The summed E-state index contributed by atoms with van der Waals surface area (Å²) in [6.07, 6.45) is 2.88. The van der Waals surface area contributed by atoms with Gasteiger partial charge >= 0.3 is 0 Å². The molecule has 0 aliphatic carbocycles. The van der Waals surface area contributed by atoms with Gasteiger partial charge in [-0.2, -0.15) is 10.4 Å². The van der Waals surface area contributed by atoms with Crippen LogP contribution >= 0.6 is 0 Å².